The van der Waals surface area contributed by atoms with Gasteiger partial charge in [-0.05, 0) is 44.5 Å². The van der Waals surface area contributed by atoms with E-state index in [0.717, 1.165) is 16.3 Å². The Balaban J connectivity index is 2.24. The topological polar surface area (TPSA) is 75.3 Å². The molecule has 1 aliphatic rings. The number of rotatable bonds is 4. The molecular weight excluding hydrogens is 368 g/mol. The van der Waals surface area contributed by atoms with Crippen LogP contribution in [-0.2, 0) is 14.6 Å². The van der Waals surface area contributed by atoms with Crippen molar-refractivity contribution >= 4 is 31.7 Å². The van der Waals surface area contributed by atoms with E-state index < -0.39 is 20.5 Å². The van der Waals surface area contributed by atoms with Crippen molar-refractivity contribution in [2.24, 2.45) is 0 Å². The minimum absolute atomic E-state index is 0.267. The Morgan fingerprint density at radius 2 is 1.91 bits per heavy atom. The SMILES string of the molecule is CC(NC(=O)C1(S(C)(=O)=O)CCNCC1)c1ccccc1Br. The summed E-state index contributed by atoms with van der Waals surface area (Å²) in [5.41, 5.74) is 0.924. The second-order valence-corrected chi connectivity index (χ2v) is 8.91. The summed E-state index contributed by atoms with van der Waals surface area (Å²) < 4.78 is 24.0. The van der Waals surface area contributed by atoms with Gasteiger partial charge in [0.05, 0.1) is 6.04 Å². The number of hydrogen-bond acceptors (Lipinski definition) is 4. The highest BCUT2D eigenvalue weighted by Gasteiger charge is 2.48. The maximum Gasteiger partial charge on any atom is 0.242 e. The van der Waals surface area contributed by atoms with Gasteiger partial charge in [0.25, 0.3) is 0 Å². The van der Waals surface area contributed by atoms with Crippen molar-refractivity contribution in [1.29, 1.82) is 0 Å². The van der Waals surface area contributed by atoms with Crippen molar-refractivity contribution in [3.05, 3.63) is 34.3 Å². The van der Waals surface area contributed by atoms with Gasteiger partial charge >= 0.3 is 0 Å². The largest absolute Gasteiger partial charge is 0.348 e. The first-order valence-corrected chi connectivity index (χ1v) is 9.92. The number of amides is 1. The molecule has 1 atom stereocenters. The Bertz CT molecular complexity index is 655. The van der Waals surface area contributed by atoms with E-state index in [9.17, 15) is 13.2 Å². The van der Waals surface area contributed by atoms with Crippen molar-refractivity contribution in [3.63, 3.8) is 0 Å². The highest BCUT2D eigenvalue weighted by molar-refractivity contribution is 9.10. The lowest BCUT2D eigenvalue weighted by Crippen LogP contribution is -2.57. The third kappa shape index (κ3) is 3.36. The second-order valence-electron chi connectivity index (χ2n) is 5.73. The first kappa shape index (κ1) is 17.4. The average Bonchev–Trinajstić information content (AvgIpc) is 2.47. The van der Waals surface area contributed by atoms with Gasteiger partial charge in [0.1, 0.15) is 0 Å². The molecule has 1 aliphatic heterocycles. The van der Waals surface area contributed by atoms with Gasteiger partial charge in [-0.2, -0.15) is 0 Å². The van der Waals surface area contributed by atoms with Gasteiger partial charge in [-0.15, -0.1) is 0 Å². The molecule has 5 nitrogen and oxygen atoms in total. The second kappa shape index (κ2) is 6.68. The quantitative estimate of drug-likeness (QED) is 0.824. The van der Waals surface area contributed by atoms with Crippen LogP contribution in [0, 0.1) is 0 Å². The monoisotopic (exact) mass is 388 g/mol. The Morgan fingerprint density at radius 1 is 1.32 bits per heavy atom. The Morgan fingerprint density at radius 3 is 2.45 bits per heavy atom. The fourth-order valence-corrected chi connectivity index (χ4v) is 4.80. The van der Waals surface area contributed by atoms with Crippen LogP contribution in [0.3, 0.4) is 0 Å². The van der Waals surface area contributed by atoms with E-state index in [1.165, 1.54) is 0 Å². The number of halogens is 1. The lowest BCUT2D eigenvalue weighted by atomic mass is 9.95. The first-order chi connectivity index (χ1) is 10.3. The van der Waals surface area contributed by atoms with E-state index in [1.807, 2.05) is 31.2 Å². The van der Waals surface area contributed by atoms with Gasteiger partial charge in [-0.25, -0.2) is 8.42 Å². The van der Waals surface area contributed by atoms with Crippen molar-refractivity contribution in [1.82, 2.24) is 10.6 Å². The minimum atomic E-state index is -3.49. The summed E-state index contributed by atoms with van der Waals surface area (Å²) >= 11 is 3.46. The van der Waals surface area contributed by atoms with E-state index in [0.29, 0.717) is 25.9 Å². The Kier molecular flexibility index (Phi) is 5.29. The number of benzene rings is 1. The molecular formula is C15H21BrN2O3S. The maximum atomic E-state index is 12.7. The summed E-state index contributed by atoms with van der Waals surface area (Å²) in [6, 6.07) is 7.32. The molecule has 0 spiro atoms. The van der Waals surface area contributed by atoms with Gasteiger partial charge in [0.2, 0.25) is 5.91 Å². The van der Waals surface area contributed by atoms with Crippen LogP contribution in [0.5, 0.6) is 0 Å². The van der Waals surface area contributed by atoms with Crippen LogP contribution < -0.4 is 10.6 Å². The lowest BCUT2D eigenvalue weighted by molar-refractivity contribution is -0.125. The summed E-state index contributed by atoms with van der Waals surface area (Å²) in [7, 11) is -3.49. The molecule has 2 rings (SSSR count). The van der Waals surface area contributed by atoms with Crippen molar-refractivity contribution in [2.45, 2.75) is 30.6 Å². The molecule has 1 amide bonds. The van der Waals surface area contributed by atoms with E-state index in [1.54, 1.807) is 0 Å². The molecule has 0 radical (unpaired) electrons. The molecule has 22 heavy (non-hydrogen) atoms. The molecule has 0 aliphatic carbocycles. The number of hydrogen-bond donors (Lipinski definition) is 2. The van der Waals surface area contributed by atoms with E-state index >= 15 is 0 Å². The van der Waals surface area contributed by atoms with Crippen LogP contribution in [0.2, 0.25) is 0 Å². The number of nitrogens with one attached hydrogen (secondary N) is 2. The Labute approximate surface area is 139 Å². The lowest BCUT2D eigenvalue weighted by Gasteiger charge is -2.35. The first-order valence-electron chi connectivity index (χ1n) is 7.24. The minimum Gasteiger partial charge on any atom is -0.348 e. The zero-order valence-electron chi connectivity index (χ0n) is 12.7. The fourth-order valence-electron chi connectivity index (χ4n) is 2.83. The average molecular weight is 389 g/mol. The van der Waals surface area contributed by atoms with E-state index in [4.69, 9.17) is 0 Å². The molecule has 0 saturated carbocycles. The molecule has 1 saturated heterocycles. The smallest absolute Gasteiger partial charge is 0.242 e. The number of sulfone groups is 1. The molecule has 2 N–H and O–H groups in total. The van der Waals surface area contributed by atoms with E-state index in [-0.39, 0.29) is 6.04 Å². The van der Waals surface area contributed by atoms with Gasteiger partial charge in [-0.1, -0.05) is 34.1 Å². The number of carbonyl (C=O) groups is 1. The predicted octanol–water partition coefficient (Wildman–Crippen LogP) is 1.79. The van der Waals surface area contributed by atoms with Crippen molar-refractivity contribution in [3.8, 4) is 0 Å². The van der Waals surface area contributed by atoms with Gasteiger partial charge in [0.15, 0.2) is 14.6 Å². The van der Waals surface area contributed by atoms with Gasteiger partial charge in [0, 0.05) is 10.7 Å². The van der Waals surface area contributed by atoms with Crippen LogP contribution in [-0.4, -0.2) is 38.4 Å². The molecule has 1 fully saturated rings. The summed E-state index contributed by atoms with van der Waals surface area (Å²) in [5.74, 6) is -0.403. The number of carbonyl (C=O) groups excluding carboxylic acids is 1. The van der Waals surface area contributed by atoms with Crippen molar-refractivity contribution in [2.75, 3.05) is 19.3 Å². The summed E-state index contributed by atoms with van der Waals surface area (Å²) in [6.07, 6.45) is 1.77. The molecule has 1 unspecified atom stereocenters. The highest BCUT2D eigenvalue weighted by Crippen LogP contribution is 2.30. The molecule has 122 valence electrons. The van der Waals surface area contributed by atoms with Crippen LogP contribution in [0.15, 0.2) is 28.7 Å². The summed E-state index contributed by atoms with van der Waals surface area (Å²) in [5, 5.41) is 5.99. The third-order valence-corrected chi connectivity index (χ3v) is 6.99. The molecule has 1 aromatic carbocycles. The zero-order valence-corrected chi connectivity index (χ0v) is 15.1. The highest BCUT2D eigenvalue weighted by atomic mass is 79.9. The molecule has 1 heterocycles. The van der Waals surface area contributed by atoms with Crippen LogP contribution in [0.25, 0.3) is 0 Å². The van der Waals surface area contributed by atoms with Crippen LogP contribution in [0.4, 0.5) is 0 Å². The fraction of sp³-hybridized carbons (Fsp3) is 0.533. The summed E-state index contributed by atoms with van der Waals surface area (Å²) in [4.78, 5) is 12.7. The van der Waals surface area contributed by atoms with Crippen molar-refractivity contribution < 1.29 is 13.2 Å². The molecule has 0 aromatic heterocycles. The zero-order chi connectivity index (χ0) is 16.4. The molecule has 7 heteroatoms. The van der Waals surface area contributed by atoms with Crippen LogP contribution in [0.1, 0.15) is 31.4 Å². The Hall–Kier alpha value is -0.920. The predicted molar refractivity (Wildman–Crippen MR) is 90.4 cm³/mol. The maximum absolute atomic E-state index is 12.7. The standard InChI is InChI=1S/C15H21BrN2O3S/c1-11(12-5-3-4-6-13(12)16)18-14(19)15(22(2,20)21)7-9-17-10-8-15/h3-6,11,17H,7-10H2,1-2H3,(H,18,19). The normalized spacial score (nSPS) is 19.4. The molecule has 1 aromatic rings. The van der Waals surface area contributed by atoms with Gasteiger partial charge < -0.3 is 10.6 Å². The third-order valence-electron chi connectivity index (χ3n) is 4.25. The van der Waals surface area contributed by atoms with Crippen LogP contribution >= 0.6 is 15.9 Å². The van der Waals surface area contributed by atoms with E-state index in [2.05, 4.69) is 26.6 Å². The molecule has 0 bridgehead atoms. The van der Waals surface area contributed by atoms with Gasteiger partial charge in [-0.3, -0.25) is 4.79 Å². The number of piperidine rings is 1. The summed E-state index contributed by atoms with van der Waals surface area (Å²) in [6.45, 7) is 2.92.